The quantitative estimate of drug-likeness (QED) is 0.810. The maximum absolute atomic E-state index is 13.4. The zero-order chi connectivity index (χ0) is 17.6. The predicted octanol–water partition coefficient (Wildman–Crippen LogP) is 4.07. The summed E-state index contributed by atoms with van der Waals surface area (Å²) in [5.74, 6) is 1.09. The van der Waals surface area contributed by atoms with Gasteiger partial charge in [-0.25, -0.2) is 0 Å². The predicted molar refractivity (Wildman–Crippen MR) is 101 cm³/mol. The van der Waals surface area contributed by atoms with Gasteiger partial charge in [-0.3, -0.25) is 0 Å². The van der Waals surface area contributed by atoms with Crippen LogP contribution in [0.5, 0.6) is 0 Å². The Labute approximate surface area is 152 Å². The average molecular weight is 363 g/mol. The summed E-state index contributed by atoms with van der Waals surface area (Å²) < 4.78 is 30.4. The summed E-state index contributed by atoms with van der Waals surface area (Å²) in [5, 5.41) is 0. The van der Waals surface area contributed by atoms with Crippen LogP contribution in [-0.4, -0.2) is 36.2 Å². The van der Waals surface area contributed by atoms with Gasteiger partial charge in [-0.15, -0.1) is 0 Å². The number of piperidine rings is 2. The molecule has 1 aromatic rings. The molecule has 2 heterocycles. The number of benzene rings is 1. The highest BCUT2D eigenvalue weighted by molar-refractivity contribution is 7.86. The van der Waals surface area contributed by atoms with Crippen molar-refractivity contribution < 1.29 is 8.42 Å². The van der Waals surface area contributed by atoms with Gasteiger partial charge in [-0.1, -0.05) is 44.5 Å². The lowest BCUT2D eigenvalue weighted by Gasteiger charge is -2.39. The van der Waals surface area contributed by atoms with E-state index in [1.165, 1.54) is 12.0 Å². The molecule has 0 N–H and O–H groups in total. The first kappa shape index (κ1) is 17.5. The SMILES string of the molecule is CC(C)c1ccc(C2CCCCN2S(=O)(=O)N2CC3CCC2C3)cc1. The van der Waals surface area contributed by atoms with Crippen molar-refractivity contribution in [1.82, 2.24) is 8.61 Å². The van der Waals surface area contributed by atoms with E-state index in [1.807, 2.05) is 8.61 Å². The highest BCUT2D eigenvalue weighted by Gasteiger charge is 2.47. The lowest BCUT2D eigenvalue weighted by molar-refractivity contribution is 0.222. The summed E-state index contributed by atoms with van der Waals surface area (Å²) in [4.78, 5) is 0. The fourth-order valence-corrected chi connectivity index (χ4v) is 7.06. The van der Waals surface area contributed by atoms with Gasteiger partial charge in [0.1, 0.15) is 0 Å². The Morgan fingerprint density at radius 1 is 1.00 bits per heavy atom. The molecule has 25 heavy (non-hydrogen) atoms. The molecule has 4 rings (SSSR count). The van der Waals surface area contributed by atoms with Gasteiger partial charge in [0.15, 0.2) is 0 Å². The molecule has 5 heteroatoms. The van der Waals surface area contributed by atoms with Crippen LogP contribution >= 0.6 is 0 Å². The van der Waals surface area contributed by atoms with Gasteiger partial charge in [-0.2, -0.15) is 17.0 Å². The second kappa shape index (κ2) is 6.67. The van der Waals surface area contributed by atoms with Crippen molar-refractivity contribution in [2.24, 2.45) is 5.92 Å². The lowest BCUT2D eigenvalue weighted by Crippen LogP contribution is -2.49. The number of fused-ring (bicyclic) bond motifs is 2. The van der Waals surface area contributed by atoms with Gasteiger partial charge in [0, 0.05) is 19.1 Å². The van der Waals surface area contributed by atoms with E-state index >= 15 is 0 Å². The first-order valence-electron chi connectivity index (χ1n) is 9.85. The largest absolute Gasteiger partial charge is 0.282 e. The number of hydrogen-bond donors (Lipinski definition) is 0. The zero-order valence-corrected chi connectivity index (χ0v) is 16.2. The Kier molecular flexibility index (Phi) is 4.67. The van der Waals surface area contributed by atoms with Crippen molar-refractivity contribution >= 4 is 10.2 Å². The van der Waals surface area contributed by atoms with E-state index in [9.17, 15) is 8.42 Å². The van der Waals surface area contributed by atoms with Crippen LogP contribution in [0.1, 0.15) is 75.5 Å². The number of nitrogens with zero attached hydrogens (tertiary/aromatic N) is 2. The summed E-state index contributed by atoms with van der Waals surface area (Å²) in [5.41, 5.74) is 2.46. The summed E-state index contributed by atoms with van der Waals surface area (Å²) in [6.07, 6.45) is 6.34. The molecule has 1 aromatic carbocycles. The maximum atomic E-state index is 13.4. The van der Waals surface area contributed by atoms with Gasteiger partial charge in [0.25, 0.3) is 10.2 Å². The van der Waals surface area contributed by atoms with Crippen LogP contribution in [0.25, 0.3) is 0 Å². The molecule has 2 saturated heterocycles. The molecule has 2 aliphatic heterocycles. The van der Waals surface area contributed by atoms with Crippen molar-refractivity contribution in [3.63, 3.8) is 0 Å². The molecule has 4 nitrogen and oxygen atoms in total. The van der Waals surface area contributed by atoms with Crippen molar-refractivity contribution in [2.75, 3.05) is 13.1 Å². The topological polar surface area (TPSA) is 40.6 Å². The Morgan fingerprint density at radius 3 is 2.36 bits per heavy atom. The van der Waals surface area contributed by atoms with E-state index in [4.69, 9.17) is 0 Å². The number of rotatable bonds is 4. The fraction of sp³-hybridized carbons (Fsp3) is 0.700. The second-order valence-corrected chi connectivity index (χ2v) is 10.2. The third-order valence-electron chi connectivity index (χ3n) is 6.39. The third-order valence-corrected chi connectivity index (χ3v) is 8.46. The third kappa shape index (κ3) is 3.15. The van der Waals surface area contributed by atoms with Crippen LogP contribution in [0.15, 0.2) is 24.3 Å². The standard InChI is InChI=1S/C20H30N2O2S/c1-15(2)17-7-9-18(10-8-17)20-5-3-4-12-21(20)25(23,24)22-14-16-6-11-19(22)13-16/h7-10,15-16,19-20H,3-6,11-14H2,1-2H3. The molecule has 2 bridgehead atoms. The molecule has 0 radical (unpaired) electrons. The van der Waals surface area contributed by atoms with Crippen LogP contribution in [-0.2, 0) is 10.2 Å². The van der Waals surface area contributed by atoms with E-state index in [0.717, 1.165) is 44.2 Å². The minimum absolute atomic E-state index is 0.000844. The van der Waals surface area contributed by atoms with Crippen molar-refractivity contribution in [3.8, 4) is 0 Å². The summed E-state index contributed by atoms with van der Waals surface area (Å²) in [7, 11) is -3.35. The molecule has 0 aromatic heterocycles. The second-order valence-electron chi connectivity index (χ2n) is 8.35. The fourth-order valence-electron chi connectivity index (χ4n) is 4.91. The van der Waals surface area contributed by atoms with Crippen molar-refractivity contribution in [1.29, 1.82) is 0 Å². The van der Waals surface area contributed by atoms with Gasteiger partial charge in [0.05, 0.1) is 6.04 Å². The monoisotopic (exact) mass is 362 g/mol. The number of hydrogen-bond acceptors (Lipinski definition) is 2. The molecule has 0 spiro atoms. The lowest BCUT2D eigenvalue weighted by atomic mass is 9.94. The minimum Gasteiger partial charge on any atom is -0.195 e. The van der Waals surface area contributed by atoms with Crippen LogP contribution in [0.3, 0.4) is 0 Å². The van der Waals surface area contributed by atoms with E-state index in [1.54, 1.807) is 0 Å². The van der Waals surface area contributed by atoms with Gasteiger partial charge >= 0.3 is 0 Å². The molecule has 3 aliphatic rings. The molecule has 138 valence electrons. The Bertz CT molecular complexity index is 714. The van der Waals surface area contributed by atoms with Crippen molar-refractivity contribution in [3.05, 3.63) is 35.4 Å². The molecular formula is C20H30N2O2S. The van der Waals surface area contributed by atoms with Crippen LogP contribution in [0, 0.1) is 5.92 Å². The Balaban J connectivity index is 1.60. The van der Waals surface area contributed by atoms with E-state index < -0.39 is 10.2 Å². The first-order valence-corrected chi connectivity index (χ1v) is 11.2. The normalized spacial score (nSPS) is 31.1. The van der Waals surface area contributed by atoms with Crippen molar-refractivity contribution in [2.45, 2.75) is 70.4 Å². The van der Waals surface area contributed by atoms with E-state index in [0.29, 0.717) is 18.4 Å². The molecule has 1 saturated carbocycles. The van der Waals surface area contributed by atoms with Gasteiger partial charge in [0.2, 0.25) is 0 Å². The highest BCUT2D eigenvalue weighted by Crippen LogP contribution is 2.42. The van der Waals surface area contributed by atoms with Crippen LogP contribution < -0.4 is 0 Å². The Morgan fingerprint density at radius 2 is 1.76 bits per heavy atom. The molecule has 3 fully saturated rings. The summed E-state index contributed by atoms with van der Waals surface area (Å²) in [6.45, 7) is 5.78. The molecule has 1 aliphatic carbocycles. The summed E-state index contributed by atoms with van der Waals surface area (Å²) >= 11 is 0. The van der Waals surface area contributed by atoms with Crippen LogP contribution in [0.4, 0.5) is 0 Å². The molecular weight excluding hydrogens is 332 g/mol. The highest BCUT2D eigenvalue weighted by atomic mass is 32.2. The Hall–Kier alpha value is -0.910. The average Bonchev–Trinajstić information content (AvgIpc) is 3.25. The first-order chi connectivity index (χ1) is 12.0. The maximum Gasteiger partial charge on any atom is 0.282 e. The molecule has 3 unspecified atom stereocenters. The zero-order valence-electron chi connectivity index (χ0n) is 15.4. The van der Waals surface area contributed by atoms with Gasteiger partial charge < -0.3 is 0 Å². The smallest absolute Gasteiger partial charge is 0.195 e. The molecule has 3 atom stereocenters. The van der Waals surface area contributed by atoms with Crippen LogP contribution in [0.2, 0.25) is 0 Å². The van der Waals surface area contributed by atoms with Gasteiger partial charge in [-0.05, 0) is 55.1 Å². The summed E-state index contributed by atoms with van der Waals surface area (Å²) in [6, 6.07) is 8.86. The van der Waals surface area contributed by atoms with E-state index in [-0.39, 0.29) is 12.1 Å². The minimum atomic E-state index is -3.35. The molecule has 0 amide bonds. The van der Waals surface area contributed by atoms with E-state index in [2.05, 4.69) is 38.1 Å².